The van der Waals surface area contributed by atoms with E-state index in [1.54, 1.807) is 13.8 Å². The van der Waals surface area contributed by atoms with E-state index in [4.69, 9.17) is 9.73 Å². The maximum absolute atomic E-state index is 12.2. The van der Waals surface area contributed by atoms with E-state index in [1.165, 1.54) is 0 Å². The molecule has 152 valence electrons. The molecule has 0 radical (unpaired) electrons. The molecule has 1 atom stereocenters. The van der Waals surface area contributed by atoms with Crippen molar-refractivity contribution in [2.24, 2.45) is 10.9 Å². The van der Waals surface area contributed by atoms with Crippen LogP contribution in [-0.4, -0.2) is 93.2 Å². The third-order valence-corrected chi connectivity index (χ3v) is 7.50. The normalized spacial score (nSPS) is 26.9. The highest BCUT2D eigenvalue weighted by Gasteiger charge is 2.41. The zero-order valence-electron chi connectivity index (χ0n) is 17.0. The number of sulfone groups is 1. The van der Waals surface area contributed by atoms with E-state index in [0.29, 0.717) is 25.6 Å². The van der Waals surface area contributed by atoms with E-state index < -0.39 is 14.6 Å². The minimum absolute atomic E-state index is 0.0951. The Labute approximate surface area is 159 Å². The zero-order chi connectivity index (χ0) is 19.4. The fourth-order valence-electron chi connectivity index (χ4n) is 3.51. The van der Waals surface area contributed by atoms with Crippen molar-refractivity contribution in [3.8, 4) is 0 Å². The van der Waals surface area contributed by atoms with Crippen LogP contribution in [0.1, 0.15) is 34.6 Å². The van der Waals surface area contributed by atoms with Crippen LogP contribution in [0.15, 0.2) is 4.99 Å². The predicted octanol–water partition coefficient (Wildman–Crippen LogP) is 0.818. The van der Waals surface area contributed by atoms with Gasteiger partial charge >= 0.3 is 0 Å². The number of nitrogens with zero attached hydrogens (tertiary/aromatic N) is 3. The van der Waals surface area contributed by atoms with Gasteiger partial charge in [0.15, 0.2) is 15.8 Å². The second-order valence-electron chi connectivity index (χ2n) is 8.34. The Kier molecular flexibility index (Phi) is 7.33. The van der Waals surface area contributed by atoms with Crippen molar-refractivity contribution < 1.29 is 13.2 Å². The number of rotatable bonds is 5. The number of ether oxygens (including phenoxy) is 1. The Morgan fingerprint density at radius 2 is 2.08 bits per heavy atom. The highest BCUT2D eigenvalue weighted by molar-refractivity contribution is 7.92. The minimum atomic E-state index is -3.05. The van der Waals surface area contributed by atoms with Crippen molar-refractivity contribution in [3.63, 3.8) is 0 Å². The van der Waals surface area contributed by atoms with Crippen molar-refractivity contribution in [1.82, 2.24) is 15.1 Å². The summed E-state index contributed by atoms with van der Waals surface area (Å²) in [4.78, 5) is 9.28. The van der Waals surface area contributed by atoms with Gasteiger partial charge in [-0.05, 0) is 26.7 Å². The summed E-state index contributed by atoms with van der Waals surface area (Å²) in [7, 11) is -3.05. The summed E-state index contributed by atoms with van der Waals surface area (Å²) in [6.07, 6.45) is 0.0951. The SMILES string of the molecule is CCNC(=NCC1CN(CC(C)C)CCO1)N1CCS(=O)(=O)C(C)(C)C1. The average molecular weight is 389 g/mol. The van der Waals surface area contributed by atoms with Crippen LogP contribution in [0, 0.1) is 5.92 Å². The second kappa shape index (κ2) is 8.89. The van der Waals surface area contributed by atoms with Crippen LogP contribution in [-0.2, 0) is 14.6 Å². The van der Waals surface area contributed by atoms with E-state index >= 15 is 0 Å². The maximum Gasteiger partial charge on any atom is 0.194 e. The highest BCUT2D eigenvalue weighted by Crippen LogP contribution is 2.23. The Bertz CT molecular complexity index is 589. The number of aliphatic imine (C=N–C) groups is 1. The summed E-state index contributed by atoms with van der Waals surface area (Å²) >= 11 is 0. The van der Waals surface area contributed by atoms with Crippen LogP contribution < -0.4 is 5.32 Å². The topological polar surface area (TPSA) is 74.2 Å². The van der Waals surface area contributed by atoms with Gasteiger partial charge in [0.1, 0.15) is 0 Å². The molecule has 0 aromatic rings. The quantitative estimate of drug-likeness (QED) is 0.555. The van der Waals surface area contributed by atoms with Gasteiger partial charge in [0.2, 0.25) is 0 Å². The molecule has 0 aromatic heterocycles. The van der Waals surface area contributed by atoms with Crippen LogP contribution in [0.3, 0.4) is 0 Å². The van der Waals surface area contributed by atoms with Crippen molar-refractivity contribution in [1.29, 1.82) is 0 Å². The molecule has 7 nitrogen and oxygen atoms in total. The Morgan fingerprint density at radius 1 is 1.35 bits per heavy atom. The Morgan fingerprint density at radius 3 is 2.69 bits per heavy atom. The minimum Gasteiger partial charge on any atom is -0.374 e. The molecule has 2 aliphatic rings. The largest absolute Gasteiger partial charge is 0.374 e. The van der Waals surface area contributed by atoms with Gasteiger partial charge in [-0.1, -0.05) is 13.8 Å². The Balaban J connectivity index is 2.00. The maximum atomic E-state index is 12.2. The number of hydrogen-bond acceptors (Lipinski definition) is 5. The predicted molar refractivity (Wildman–Crippen MR) is 106 cm³/mol. The number of guanidine groups is 1. The lowest BCUT2D eigenvalue weighted by molar-refractivity contribution is -0.0262. The van der Waals surface area contributed by atoms with Crippen molar-refractivity contribution in [2.45, 2.75) is 45.5 Å². The molecule has 0 spiro atoms. The Hall–Kier alpha value is -0.860. The van der Waals surface area contributed by atoms with E-state index in [0.717, 1.165) is 38.7 Å². The molecule has 1 N–H and O–H groups in total. The number of nitrogens with one attached hydrogen (secondary N) is 1. The molecule has 26 heavy (non-hydrogen) atoms. The molecule has 2 saturated heterocycles. The zero-order valence-corrected chi connectivity index (χ0v) is 17.8. The third kappa shape index (κ3) is 5.57. The molecule has 0 amide bonds. The van der Waals surface area contributed by atoms with Gasteiger partial charge in [-0.25, -0.2) is 8.42 Å². The third-order valence-electron chi connectivity index (χ3n) is 4.97. The molecule has 0 bridgehead atoms. The van der Waals surface area contributed by atoms with Crippen LogP contribution >= 0.6 is 0 Å². The van der Waals surface area contributed by atoms with E-state index in [9.17, 15) is 8.42 Å². The van der Waals surface area contributed by atoms with E-state index in [2.05, 4.69) is 29.0 Å². The molecular weight excluding hydrogens is 352 g/mol. The van der Waals surface area contributed by atoms with Gasteiger partial charge in [0.05, 0.1) is 29.8 Å². The fraction of sp³-hybridized carbons (Fsp3) is 0.944. The summed E-state index contributed by atoms with van der Waals surface area (Å²) in [5.74, 6) is 1.61. The molecule has 2 rings (SSSR count). The lowest BCUT2D eigenvalue weighted by Gasteiger charge is -2.39. The first-order valence-electron chi connectivity index (χ1n) is 9.74. The van der Waals surface area contributed by atoms with Crippen molar-refractivity contribution in [3.05, 3.63) is 0 Å². The van der Waals surface area contributed by atoms with Crippen LogP contribution in [0.5, 0.6) is 0 Å². The summed E-state index contributed by atoms with van der Waals surface area (Å²) in [5, 5.41) is 3.31. The lowest BCUT2D eigenvalue weighted by Crippen LogP contribution is -2.57. The second-order valence-corrected chi connectivity index (χ2v) is 11.1. The smallest absolute Gasteiger partial charge is 0.194 e. The summed E-state index contributed by atoms with van der Waals surface area (Å²) in [6.45, 7) is 16.1. The summed E-state index contributed by atoms with van der Waals surface area (Å²) < 4.78 is 29.6. The van der Waals surface area contributed by atoms with Crippen molar-refractivity contribution in [2.75, 3.05) is 58.2 Å². The van der Waals surface area contributed by atoms with Gasteiger partial charge in [-0.3, -0.25) is 9.89 Å². The number of hydrogen-bond donors (Lipinski definition) is 1. The van der Waals surface area contributed by atoms with Gasteiger partial charge in [-0.15, -0.1) is 0 Å². The van der Waals surface area contributed by atoms with Crippen LogP contribution in [0.25, 0.3) is 0 Å². The van der Waals surface area contributed by atoms with E-state index in [1.807, 2.05) is 6.92 Å². The average Bonchev–Trinajstić information content (AvgIpc) is 2.54. The van der Waals surface area contributed by atoms with E-state index in [-0.39, 0.29) is 11.9 Å². The van der Waals surface area contributed by atoms with Gasteiger partial charge in [-0.2, -0.15) is 0 Å². The first kappa shape index (κ1) is 21.4. The fourth-order valence-corrected chi connectivity index (χ4v) is 4.88. The first-order chi connectivity index (χ1) is 12.1. The monoisotopic (exact) mass is 388 g/mol. The molecule has 0 aromatic carbocycles. The lowest BCUT2D eigenvalue weighted by atomic mass is 10.2. The van der Waals surface area contributed by atoms with Crippen molar-refractivity contribution >= 4 is 15.8 Å². The van der Waals surface area contributed by atoms with Gasteiger partial charge in [0, 0.05) is 39.3 Å². The molecule has 2 heterocycles. The van der Waals surface area contributed by atoms with Crippen LogP contribution in [0.4, 0.5) is 0 Å². The number of morpholine rings is 1. The molecular formula is C18H36N4O3S. The molecule has 8 heteroatoms. The highest BCUT2D eigenvalue weighted by atomic mass is 32.2. The van der Waals surface area contributed by atoms with Gasteiger partial charge < -0.3 is 15.0 Å². The summed E-state index contributed by atoms with van der Waals surface area (Å²) in [6, 6.07) is 0. The molecule has 2 fully saturated rings. The first-order valence-corrected chi connectivity index (χ1v) is 11.4. The molecule has 0 aliphatic carbocycles. The van der Waals surface area contributed by atoms with Gasteiger partial charge in [0.25, 0.3) is 0 Å². The summed E-state index contributed by atoms with van der Waals surface area (Å²) in [5.41, 5.74) is 0. The standard InChI is InChI=1S/C18H36N4O3S/c1-6-19-17(22-8-10-26(23,24)18(4,5)14-22)20-11-16-13-21(7-9-25-16)12-15(2)3/h15-16H,6-14H2,1-5H3,(H,19,20). The van der Waals surface area contributed by atoms with Crippen LogP contribution in [0.2, 0.25) is 0 Å². The molecule has 0 saturated carbocycles. The molecule has 1 unspecified atom stereocenters. The molecule has 2 aliphatic heterocycles.